The van der Waals surface area contributed by atoms with E-state index in [1.165, 1.54) is 99.8 Å². The van der Waals surface area contributed by atoms with Crippen molar-refractivity contribution in [2.75, 3.05) is 4.90 Å². The van der Waals surface area contributed by atoms with Crippen molar-refractivity contribution in [3.8, 4) is 61.3 Å². The Morgan fingerprint density at radius 2 is 0.855 bits per heavy atom. The molecule has 2 aliphatic rings. The van der Waals surface area contributed by atoms with Gasteiger partial charge >= 0.3 is 0 Å². The first-order valence-corrected chi connectivity index (χ1v) is 23.9. The standard InChI is InChI=1S/C67H44N2/c1-4-19-46(20-5-1)52-41-40-51(68(50-23-8-3-9-24-50)63-32-15-11-25-53(63)47-21-6-2-7-22-47)44-57(52)48-37-35-45(36-38-48)49-39-42-60-58(43-49)54-26-10-13-29-59(54)67(60)61-30-14-17-34-65(61)69-64-33-16-12-27-55(64)56-28-18-31-62(67)66(56)69/h1-44H. The highest BCUT2D eigenvalue weighted by Gasteiger charge is 2.50. The second kappa shape index (κ2) is 15.6. The van der Waals surface area contributed by atoms with Gasteiger partial charge in [-0.2, -0.15) is 0 Å². The van der Waals surface area contributed by atoms with Gasteiger partial charge in [0.2, 0.25) is 0 Å². The summed E-state index contributed by atoms with van der Waals surface area (Å²) in [7, 11) is 0. The van der Waals surface area contributed by atoms with Crippen LogP contribution in [0.4, 0.5) is 17.1 Å². The van der Waals surface area contributed by atoms with E-state index in [9.17, 15) is 0 Å². The summed E-state index contributed by atoms with van der Waals surface area (Å²) in [4.78, 5) is 2.40. The molecule has 0 bridgehead atoms. The smallest absolute Gasteiger partial charge is 0.0754 e. The van der Waals surface area contributed by atoms with Crippen LogP contribution in [-0.4, -0.2) is 4.57 Å². The van der Waals surface area contributed by atoms with Crippen LogP contribution in [0.25, 0.3) is 83.1 Å². The molecule has 1 spiro atoms. The van der Waals surface area contributed by atoms with Crippen LogP contribution in [-0.2, 0) is 5.41 Å². The molecule has 1 aliphatic carbocycles. The van der Waals surface area contributed by atoms with Crippen molar-refractivity contribution < 1.29 is 0 Å². The van der Waals surface area contributed by atoms with E-state index < -0.39 is 5.41 Å². The number of para-hydroxylation sites is 5. The quantitative estimate of drug-likeness (QED) is 0.155. The molecule has 11 aromatic carbocycles. The predicted octanol–water partition coefficient (Wildman–Crippen LogP) is 17.6. The minimum Gasteiger partial charge on any atom is -0.310 e. The highest BCUT2D eigenvalue weighted by atomic mass is 15.1. The number of fused-ring (bicyclic) bond motifs is 12. The molecule has 2 nitrogen and oxygen atoms in total. The molecule has 0 fully saturated rings. The van der Waals surface area contributed by atoms with Crippen molar-refractivity contribution in [1.82, 2.24) is 4.57 Å². The number of benzene rings is 11. The number of hydrogen-bond acceptors (Lipinski definition) is 1. The summed E-state index contributed by atoms with van der Waals surface area (Å²) < 4.78 is 2.51. The monoisotopic (exact) mass is 876 g/mol. The zero-order valence-electron chi connectivity index (χ0n) is 37.8. The fourth-order valence-corrected chi connectivity index (χ4v) is 11.9. The van der Waals surface area contributed by atoms with Crippen LogP contribution in [0.1, 0.15) is 22.3 Å². The van der Waals surface area contributed by atoms with Gasteiger partial charge in [-0.15, -0.1) is 0 Å². The van der Waals surface area contributed by atoms with Crippen molar-refractivity contribution in [2.45, 2.75) is 5.41 Å². The summed E-state index contributed by atoms with van der Waals surface area (Å²) >= 11 is 0. The van der Waals surface area contributed by atoms with E-state index in [2.05, 4.69) is 276 Å². The molecule has 0 saturated carbocycles. The van der Waals surface area contributed by atoms with Crippen LogP contribution in [0, 0.1) is 0 Å². The Kier molecular flexibility index (Phi) is 8.84. The molecule has 0 radical (unpaired) electrons. The van der Waals surface area contributed by atoms with Gasteiger partial charge in [-0.05, 0) is 121 Å². The van der Waals surface area contributed by atoms with Crippen molar-refractivity contribution in [3.63, 3.8) is 0 Å². The van der Waals surface area contributed by atoms with E-state index in [4.69, 9.17) is 0 Å². The number of anilines is 3. The number of hydrogen-bond donors (Lipinski definition) is 0. The average molecular weight is 877 g/mol. The van der Waals surface area contributed by atoms with E-state index >= 15 is 0 Å². The first-order valence-electron chi connectivity index (χ1n) is 23.9. The lowest BCUT2D eigenvalue weighted by Crippen LogP contribution is -2.33. The highest BCUT2D eigenvalue weighted by Crippen LogP contribution is 2.61. The average Bonchev–Trinajstić information content (AvgIpc) is 3.92. The van der Waals surface area contributed by atoms with Crippen LogP contribution < -0.4 is 4.90 Å². The van der Waals surface area contributed by atoms with Gasteiger partial charge in [0.15, 0.2) is 0 Å². The van der Waals surface area contributed by atoms with E-state index in [0.29, 0.717) is 0 Å². The van der Waals surface area contributed by atoms with Crippen molar-refractivity contribution in [1.29, 1.82) is 0 Å². The van der Waals surface area contributed by atoms with E-state index in [1.807, 2.05) is 0 Å². The van der Waals surface area contributed by atoms with Crippen molar-refractivity contribution >= 4 is 38.9 Å². The zero-order valence-corrected chi connectivity index (χ0v) is 37.8. The van der Waals surface area contributed by atoms with Gasteiger partial charge in [0, 0.05) is 27.7 Å². The van der Waals surface area contributed by atoms with Crippen LogP contribution in [0.3, 0.4) is 0 Å². The Bertz CT molecular complexity index is 3940. The summed E-state index contributed by atoms with van der Waals surface area (Å²) in [5.41, 5.74) is 24.0. The minimum atomic E-state index is -0.469. The number of nitrogens with zero attached hydrogens (tertiary/aromatic N) is 2. The summed E-state index contributed by atoms with van der Waals surface area (Å²) in [5, 5.41) is 2.58. The Morgan fingerprint density at radius 3 is 1.65 bits per heavy atom. The molecule has 322 valence electrons. The fraction of sp³-hybridized carbons (Fsp3) is 0.0149. The van der Waals surface area contributed by atoms with Gasteiger partial charge < -0.3 is 9.47 Å². The molecule has 1 unspecified atom stereocenters. The predicted molar refractivity (Wildman–Crippen MR) is 288 cm³/mol. The molecule has 12 aromatic rings. The summed E-state index contributed by atoms with van der Waals surface area (Å²) in [6.07, 6.45) is 0. The number of aromatic nitrogens is 1. The summed E-state index contributed by atoms with van der Waals surface area (Å²) in [5.74, 6) is 0. The summed E-state index contributed by atoms with van der Waals surface area (Å²) in [6, 6.07) is 98.4. The Labute approximate surface area is 402 Å². The molecule has 1 atom stereocenters. The molecule has 14 rings (SSSR count). The van der Waals surface area contributed by atoms with Gasteiger partial charge in [0.1, 0.15) is 0 Å². The zero-order chi connectivity index (χ0) is 45.5. The third-order valence-electron chi connectivity index (χ3n) is 14.8. The maximum absolute atomic E-state index is 2.51. The van der Waals surface area contributed by atoms with E-state index in [-0.39, 0.29) is 0 Å². The maximum Gasteiger partial charge on any atom is 0.0754 e. The first kappa shape index (κ1) is 39.2. The minimum absolute atomic E-state index is 0.469. The lowest BCUT2D eigenvalue weighted by molar-refractivity contribution is 0.748. The van der Waals surface area contributed by atoms with Gasteiger partial charge in [-0.3, -0.25) is 0 Å². The van der Waals surface area contributed by atoms with E-state index in [1.54, 1.807) is 0 Å². The second-order valence-electron chi connectivity index (χ2n) is 18.4. The van der Waals surface area contributed by atoms with Crippen LogP contribution >= 0.6 is 0 Å². The van der Waals surface area contributed by atoms with Crippen LogP contribution in [0.2, 0.25) is 0 Å². The molecule has 0 amide bonds. The summed E-state index contributed by atoms with van der Waals surface area (Å²) in [6.45, 7) is 0. The van der Waals surface area contributed by atoms with Gasteiger partial charge in [0.05, 0.1) is 27.8 Å². The molecule has 1 aliphatic heterocycles. The topological polar surface area (TPSA) is 8.17 Å². The Morgan fingerprint density at radius 1 is 0.290 bits per heavy atom. The normalized spacial score (nSPS) is 14.1. The van der Waals surface area contributed by atoms with Crippen LogP contribution in [0.15, 0.2) is 267 Å². The second-order valence-corrected chi connectivity index (χ2v) is 18.4. The van der Waals surface area contributed by atoms with Gasteiger partial charge in [0.25, 0.3) is 0 Å². The molecular formula is C67H44N2. The Hall–Kier alpha value is -8.98. The third kappa shape index (κ3) is 5.86. The third-order valence-corrected chi connectivity index (χ3v) is 14.8. The highest BCUT2D eigenvalue weighted by molar-refractivity contribution is 6.13. The van der Waals surface area contributed by atoms with Crippen molar-refractivity contribution in [3.05, 3.63) is 289 Å². The van der Waals surface area contributed by atoms with Crippen molar-refractivity contribution in [2.24, 2.45) is 0 Å². The van der Waals surface area contributed by atoms with E-state index in [0.717, 1.165) is 22.6 Å². The Balaban J connectivity index is 0.912. The lowest BCUT2D eigenvalue weighted by atomic mass is 9.65. The first-order chi connectivity index (χ1) is 34.3. The molecule has 0 saturated heterocycles. The molecule has 69 heavy (non-hydrogen) atoms. The van der Waals surface area contributed by atoms with Crippen LogP contribution in [0.5, 0.6) is 0 Å². The fourth-order valence-electron chi connectivity index (χ4n) is 11.9. The molecule has 2 heterocycles. The molecule has 0 N–H and O–H groups in total. The SMILES string of the molecule is c1ccc(-c2ccc(N(c3ccccc3)c3ccccc3-c3ccccc3)cc2-c2ccc(-c3ccc4c(c3)-c3ccccc3C43c4ccccc4-n4c5ccccc5c5cccc3c54)cc2)cc1. The molecule has 2 heteroatoms. The van der Waals surface area contributed by atoms with Gasteiger partial charge in [-0.25, -0.2) is 0 Å². The van der Waals surface area contributed by atoms with Gasteiger partial charge in [-0.1, -0.05) is 218 Å². The largest absolute Gasteiger partial charge is 0.310 e. The lowest BCUT2D eigenvalue weighted by Gasteiger charge is -2.39. The number of rotatable bonds is 7. The maximum atomic E-state index is 2.51. The molecular weight excluding hydrogens is 833 g/mol. The molecule has 1 aromatic heterocycles.